The molecule has 4 nitrogen and oxygen atoms in total. The molecular weight excluding hydrogens is 370 g/mol. The highest BCUT2D eigenvalue weighted by molar-refractivity contribution is 6.30. The second-order valence-corrected chi connectivity index (χ2v) is 9.17. The maximum Gasteiger partial charge on any atom is 0.237 e. The molecule has 2 aliphatic rings. The van der Waals surface area contributed by atoms with Crippen molar-refractivity contribution in [2.45, 2.75) is 44.4 Å². The quantitative estimate of drug-likeness (QED) is 0.649. The van der Waals surface area contributed by atoms with Crippen molar-refractivity contribution in [2.24, 2.45) is 5.41 Å². The fourth-order valence-corrected chi connectivity index (χ4v) is 5.45. The molecule has 2 atom stereocenters. The predicted molar refractivity (Wildman–Crippen MR) is 112 cm³/mol. The van der Waals surface area contributed by atoms with Crippen LogP contribution in [0.3, 0.4) is 0 Å². The number of nitrogens with one attached hydrogen (secondary N) is 1. The molecule has 1 saturated carbocycles. The topological polar surface area (TPSA) is 54.9 Å². The van der Waals surface area contributed by atoms with Crippen LogP contribution in [-0.2, 0) is 15.6 Å². The number of benzene rings is 2. The molecule has 2 aliphatic carbocycles. The number of carbonyl (C=O) groups excluding carboxylic acids is 1. The number of fused-ring (bicyclic) bond motifs is 6. The Morgan fingerprint density at radius 2 is 1.54 bits per heavy atom. The van der Waals surface area contributed by atoms with Crippen LogP contribution < -0.4 is 5.32 Å². The second kappa shape index (κ2) is 5.54. The zero-order valence-electron chi connectivity index (χ0n) is 16.2. The molecule has 142 valence electrons. The Kier molecular flexibility index (Phi) is 3.49. The maximum atomic E-state index is 13.7. The van der Waals surface area contributed by atoms with Crippen LogP contribution in [0.1, 0.15) is 45.0 Å². The zero-order chi connectivity index (χ0) is 19.7. The van der Waals surface area contributed by atoms with E-state index < -0.39 is 5.41 Å². The number of hydrogen-bond donors (Lipinski definition) is 1. The minimum atomic E-state index is -0.701. The van der Waals surface area contributed by atoms with Gasteiger partial charge in [0.2, 0.25) is 5.91 Å². The number of anilines is 1. The van der Waals surface area contributed by atoms with E-state index >= 15 is 0 Å². The Balaban J connectivity index is 1.69. The smallest absolute Gasteiger partial charge is 0.237 e. The van der Waals surface area contributed by atoms with Crippen LogP contribution in [0.5, 0.6) is 0 Å². The van der Waals surface area contributed by atoms with Gasteiger partial charge in [0.05, 0.1) is 27.8 Å². The minimum absolute atomic E-state index is 0.00752. The van der Waals surface area contributed by atoms with Gasteiger partial charge in [-0.05, 0) is 54.7 Å². The molecule has 1 fully saturated rings. The van der Waals surface area contributed by atoms with Gasteiger partial charge in [-0.3, -0.25) is 4.79 Å². The van der Waals surface area contributed by atoms with Crippen molar-refractivity contribution in [1.82, 2.24) is 9.97 Å². The van der Waals surface area contributed by atoms with Gasteiger partial charge in [-0.2, -0.15) is 0 Å². The summed E-state index contributed by atoms with van der Waals surface area (Å²) in [7, 11) is 0. The van der Waals surface area contributed by atoms with Gasteiger partial charge in [0.1, 0.15) is 0 Å². The summed E-state index contributed by atoms with van der Waals surface area (Å²) in [5, 5.41) is 3.77. The molecule has 3 aromatic rings. The molecule has 28 heavy (non-hydrogen) atoms. The predicted octanol–water partition coefficient (Wildman–Crippen LogP) is 5.25. The maximum absolute atomic E-state index is 13.7. The molecule has 0 radical (unpaired) electrons. The summed E-state index contributed by atoms with van der Waals surface area (Å²) in [5.41, 5.74) is 3.12. The van der Waals surface area contributed by atoms with Crippen molar-refractivity contribution >= 4 is 34.2 Å². The molecule has 2 unspecified atom stereocenters. The van der Waals surface area contributed by atoms with E-state index in [-0.39, 0.29) is 16.7 Å². The lowest BCUT2D eigenvalue weighted by molar-refractivity contribution is -0.125. The van der Waals surface area contributed by atoms with Gasteiger partial charge in [-0.25, -0.2) is 9.97 Å². The highest BCUT2D eigenvalue weighted by atomic mass is 35.5. The molecular formula is C23H22ClN3O. The van der Waals surface area contributed by atoms with Gasteiger partial charge in [0, 0.05) is 16.1 Å². The molecule has 5 rings (SSSR count). The Hall–Kier alpha value is -2.46. The van der Waals surface area contributed by atoms with E-state index in [2.05, 4.69) is 26.1 Å². The highest BCUT2D eigenvalue weighted by Crippen LogP contribution is 2.70. The van der Waals surface area contributed by atoms with E-state index in [1.807, 2.05) is 36.4 Å². The molecule has 2 aromatic carbocycles. The number of rotatable bonds is 2. The lowest BCUT2D eigenvalue weighted by Crippen LogP contribution is -2.48. The van der Waals surface area contributed by atoms with Gasteiger partial charge in [-0.1, -0.05) is 44.5 Å². The lowest BCUT2D eigenvalue weighted by atomic mass is 9.63. The van der Waals surface area contributed by atoms with Gasteiger partial charge in [0.15, 0.2) is 0 Å². The normalized spacial score (nSPS) is 27.0. The van der Waals surface area contributed by atoms with E-state index in [0.717, 1.165) is 41.0 Å². The number of carbonyl (C=O) groups is 1. The third-order valence-electron chi connectivity index (χ3n) is 7.43. The fourth-order valence-electron chi connectivity index (χ4n) is 5.32. The third-order valence-corrected chi connectivity index (χ3v) is 7.69. The van der Waals surface area contributed by atoms with Crippen LogP contribution in [-0.4, -0.2) is 15.9 Å². The number of amides is 1. The molecule has 0 spiro atoms. The van der Waals surface area contributed by atoms with E-state index in [4.69, 9.17) is 21.6 Å². The van der Waals surface area contributed by atoms with E-state index in [0.29, 0.717) is 5.02 Å². The van der Waals surface area contributed by atoms with Crippen LogP contribution in [0.15, 0.2) is 48.5 Å². The monoisotopic (exact) mass is 391 g/mol. The molecule has 5 heteroatoms. The Morgan fingerprint density at radius 3 is 2.18 bits per heavy atom. The second-order valence-electron chi connectivity index (χ2n) is 8.73. The molecule has 1 aromatic heterocycles. The van der Waals surface area contributed by atoms with Crippen LogP contribution in [0, 0.1) is 5.41 Å². The van der Waals surface area contributed by atoms with Crippen molar-refractivity contribution < 1.29 is 4.79 Å². The average molecular weight is 392 g/mol. The minimum Gasteiger partial charge on any atom is -0.325 e. The van der Waals surface area contributed by atoms with Crippen molar-refractivity contribution in [3.8, 4) is 0 Å². The zero-order valence-corrected chi connectivity index (χ0v) is 17.0. The average Bonchev–Trinajstić information content (AvgIpc) is 2.98. The third kappa shape index (κ3) is 1.99. The van der Waals surface area contributed by atoms with Crippen molar-refractivity contribution in [3.05, 3.63) is 64.9 Å². The van der Waals surface area contributed by atoms with E-state index in [9.17, 15) is 4.79 Å². The largest absolute Gasteiger partial charge is 0.325 e. The molecule has 2 bridgehead atoms. The Labute approximate surface area is 169 Å². The summed E-state index contributed by atoms with van der Waals surface area (Å²) in [4.78, 5) is 23.7. The SMILES string of the molecule is CC12CCC(C(=O)Nc3ccc(Cl)cc3)(c3nc4ccccc4nc31)C2(C)C. The van der Waals surface area contributed by atoms with E-state index in [1.54, 1.807) is 12.1 Å². The number of nitrogens with zero attached hydrogens (tertiary/aromatic N) is 2. The van der Waals surface area contributed by atoms with Crippen molar-refractivity contribution in [2.75, 3.05) is 5.32 Å². The summed E-state index contributed by atoms with van der Waals surface area (Å²) in [6.45, 7) is 6.62. The van der Waals surface area contributed by atoms with Gasteiger partial charge in [0.25, 0.3) is 0 Å². The first-order chi connectivity index (χ1) is 13.3. The lowest BCUT2D eigenvalue weighted by Gasteiger charge is -2.39. The van der Waals surface area contributed by atoms with Crippen LogP contribution in [0.4, 0.5) is 5.69 Å². The fraction of sp³-hybridized carbons (Fsp3) is 0.348. The van der Waals surface area contributed by atoms with Crippen LogP contribution in [0.25, 0.3) is 11.0 Å². The van der Waals surface area contributed by atoms with Crippen LogP contribution in [0.2, 0.25) is 5.02 Å². The highest BCUT2D eigenvalue weighted by Gasteiger charge is 2.73. The molecule has 0 saturated heterocycles. The van der Waals surface area contributed by atoms with Crippen molar-refractivity contribution in [3.63, 3.8) is 0 Å². The van der Waals surface area contributed by atoms with Gasteiger partial charge < -0.3 is 5.32 Å². The Bertz CT molecular complexity index is 1120. The standard InChI is InChI=1S/C23H22ClN3O/c1-21(2)22(3)12-13-23(21,20(28)25-15-10-8-14(24)9-11-15)19-18(22)26-16-6-4-5-7-17(16)27-19/h4-11H,12-13H2,1-3H3,(H,25,28). The van der Waals surface area contributed by atoms with Gasteiger partial charge >= 0.3 is 0 Å². The Morgan fingerprint density at radius 1 is 0.929 bits per heavy atom. The van der Waals surface area contributed by atoms with E-state index in [1.165, 1.54) is 0 Å². The summed E-state index contributed by atoms with van der Waals surface area (Å²) < 4.78 is 0. The first-order valence-corrected chi connectivity index (χ1v) is 10.0. The summed E-state index contributed by atoms with van der Waals surface area (Å²) >= 11 is 5.99. The molecule has 1 heterocycles. The summed E-state index contributed by atoms with van der Waals surface area (Å²) in [6, 6.07) is 15.1. The first-order valence-electron chi connectivity index (χ1n) is 9.64. The molecule has 0 aliphatic heterocycles. The van der Waals surface area contributed by atoms with Crippen molar-refractivity contribution in [1.29, 1.82) is 0 Å². The summed E-state index contributed by atoms with van der Waals surface area (Å²) in [5.74, 6) is -0.00752. The number of para-hydroxylation sites is 2. The summed E-state index contributed by atoms with van der Waals surface area (Å²) in [6.07, 6.45) is 1.70. The number of halogens is 1. The molecule has 1 amide bonds. The first kappa shape index (κ1) is 17.6. The number of hydrogen-bond acceptors (Lipinski definition) is 3. The number of aromatic nitrogens is 2. The molecule has 1 N–H and O–H groups in total. The van der Waals surface area contributed by atoms with Crippen LogP contribution >= 0.6 is 11.6 Å². The van der Waals surface area contributed by atoms with Gasteiger partial charge in [-0.15, -0.1) is 0 Å².